The van der Waals surface area contributed by atoms with E-state index in [-0.39, 0.29) is 11.7 Å². The molecule has 0 bridgehead atoms. The Morgan fingerprint density at radius 3 is 2.46 bits per heavy atom. The molecule has 1 aliphatic heterocycles. The van der Waals surface area contributed by atoms with Gasteiger partial charge in [-0.05, 0) is 30.3 Å². The van der Waals surface area contributed by atoms with E-state index in [0.717, 1.165) is 22.8 Å². The molecule has 0 radical (unpaired) electrons. The van der Waals surface area contributed by atoms with Crippen LogP contribution in [0.4, 0.5) is 17.2 Å². The molecule has 6 heteroatoms. The fourth-order valence-electron chi connectivity index (χ4n) is 3.43. The molecule has 0 fully saturated rings. The number of hydrogen-bond donors (Lipinski definition) is 2. The predicted molar refractivity (Wildman–Crippen MR) is 109 cm³/mol. The second-order valence-corrected chi connectivity index (χ2v) is 6.51. The predicted octanol–water partition coefficient (Wildman–Crippen LogP) is 4.23. The standard InChI is InChI=1S/C22H21N3O3/c1-27-16-10-14(11-17(12-16)28-2)21(26)18-13-24-22-20(18)19(8-9-23-22)25-15-6-4-3-5-7-15/h3-12,18H,13H2,1-2H3,(H2,23,24,25). The van der Waals surface area contributed by atoms with Crippen molar-refractivity contribution in [2.45, 2.75) is 5.92 Å². The van der Waals surface area contributed by atoms with Crippen LogP contribution in [0, 0.1) is 0 Å². The summed E-state index contributed by atoms with van der Waals surface area (Å²) in [6, 6.07) is 17.0. The molecule has 2 aromatic carbocycles. The SMILES string of the molecule is COc1cc(OC)cc(C(=O)C2CNc3nccc(Nc4ccccc4)c32)c1. The van der Waals surface area contributed by atoms with Crippen molar-refractivity contribution in [2.75, 3.05) is 31.4 Å². The van der Waals surface area contributed by atoms with Gasteiger partial charge < -0.3 is 20.1 Å². The topological polar surface area (TPSA) is 72.5 Å². The number of para-hydroxylation sites is 1. The van der Waals surface area contributed by atoms with E-state index in [2.05, 4.69) is 15.6 Å². The first-order valence-corrected chi connectivity index (χ1v) is 9.01. The number of aromatic nitrogens is 1. The Bertz CT molecular complexity index is 983. The average Bonchev–Trinajstić information content (AvgIpc) is 3.18. The lowest BCUT2D eigenvalue weighted by Crippen LogP contribution is -2.16. The lowest BCUT2D eigenvalue weighted by Gasteiger charge is -2.16. The summed E-state index contributed by atoms with van der Waals surface area (Å²) in [5, 5.41) is 6.65. The first-order chi connectivity index (χ1) is 13.7. The van der Waals surface area contributed by atoms with E-state index >= 15 is 0 Å². The van der Waals surface area contributed by atoms with Crippen LogP contribution in [0.25, 0.3) is 0 Å². The van der Waals surface area contributed by atoms with Crippen LogP contribution in [0.5, 0.6) is 11.5 Å². The van der Waals surface area contributed by atoms with Gasteiger partial charge in [0.05, 0.1) is 20.1 Å². The maximum atomic E-state index is 13.3. The molecule has 6 nitrogen and oxygen atoms in total. The molecule has 3 aromatic rings. The highest BCUT2D eigenvalue weighted by Gasteiger charge is 2.33. The zero-order valence-electron chi connectivity index (χ0n) is 15.7. The smallest absolute Gasteiger partial charge is 0.172 e. The number of nitrogens with one attached hydrogen (secondary N) is 2. The van der Waals surface area contributed by atoms with Crippen LogP contribution in [-0.2, 0) is 0 Å². The Morgan fingerprint density at radius 1 is 1.07 bits per heavy atom. The van der Waals surface area contributed by atoms with Crippen molar-refractivity contribution < 1.29 is 14.3 Å². The van der Waals surface area contributed by atoms with Gasteiger partial charge in [-0.2, -0.15) is 0 Å². The number of ketones is 1. The fourth-order valence-corrected chi connectivity index (χ4v) is 3.43. The summed E-state index contributed by atoms with van der Waals surface area (Å²) in [6.45, 7) is 0.494. The summed E-state index contributed by atoms with van der Waals surface area (Å²) in [6.07, 6.45) is 1.73. The Kier molecular flexibility index (Phi) is 4.85. The Balaban J connectivity index is 1.70. The number of methoxy groups -OCH3 is 2. The average molecular weight is 375 g/mol. The van der Waals surface area contributed by atoms with Crippen molar-refractivity contribution in [2.24, 2.45) is 0 Å². The normalized spacial score (nSPS) is 14.7. The van der Waals surface area contributed by atoms with Gasteiger partial charge in [0.25, 0.3) is 0 Å². The molecule has 28 heavy (non-hydrogen) atoms. The van der Waals surface area contributed by atoms with E-state index < -0.39 is 0 Å². The maximum Gasteiger partial charge on any atom is 0.172 e. The molecule has 1 aliphatic rings. The summed E-state index contributed by atoms with van der Waals surface area (Å²) in [5.74, 6) is 1.54. The van der Waals surface area contributed by atoms with Gasteiger partial charge >= 0.3 is 0 Å². The van der Waals surface area contributed by atoms with E-state index in [1.54, 1.807) is 38.6 Å². The molecule has 4 rings (SSSR count). The number of carbonyl (C=O) groups excluding carboxylic acids is 1. The zero-order valence-corrected chi connectivity index (χ0v) is 15.7. The number of pyridine rings is 1. The van der Waals surface area contributed by atoms with Crippen LogP contribution in [0.1, 0.15) is 21.8 Å². The zero-order chi connectivity index (χ0) is 19.5. The van der Waals surface area contributed by atoms with Gasteiger partial charge in [0, 0.05) is 41.3 Å². The number of nitrogens with zero attached hydrogens (tertiary/aromatic N) is 1. The minimum atomic E-state index is -0.355. The van der Waals surface area contributed by atoms with Gasteiger partial charge in [0.1, 0.15) is 17.3 Å². The van der Waals surface area contributed by atoms with Crippen LogP contribution < -0.4 is 20.1 Å². The first kappa shape index (κ1) is 17.9. The third-order valence-electron chi connectivity index (χ3n) is 4.82. The third-order valence-corrected chi connectivity index (χ3v) is 4.82. The van der Waals surface area contributed by atoms with E-state index in [1.807, 2.05) is 36.4 Å². The van der Waals surface area contributed by atoms with Crippen LogP contribution in [0.2, 0.25) is 0 Å². The number of fused-ring (bicyclic) bond motifs is 1. The van der Waals surface area contributed by atoms with Gasteiger partial charge in [-0.25, -0.2) is 4.98 Å². The Labute approximate surface area is 163 Å². The van der Waals surface area contributed by atoms with Crippen molar-refractivity contribution >= 4 is 23.0 Å². The number of benzene rings is 2. The molecule has 0 saturated heterocycles. The van der Waals surface area contributed by atoms with E-state index in [0.29, 0.717) is 23.6 Å². The Morgan fingerprint density at radius 2 is 1.79 bits per heavy atom. The van der Waals surface area contributed by atoms with Crippen molar-refractivity contribution in [3.8, 4) is 11.5 Å². The van der Waals surface area contributed by atoms with E-state index in [4.69, 9.17) is 9.47 Å². The molecule has 2 N–H and O–H groups in total. The van der Waals surface area contributed by atoms with Crippen LogP contribution in [0.15, 0.2) is 60.8 Å². The van der Waals surface area contributed by atoms with Gasteiger partial charge in [-0.3, -0.25) is 4.79 Å². The highest BCUT2D eigenvalue weighted by atomic mass is 16.5. The molecular weight excluding hydrogens is 354 g/mol. The number of carbonyl (C=O) groups is 1. The number of Topliss-reactive ketones (excluding diaryl/α,β-unsaturated/α-hetero) is 1. The van der Waals surface area contributed by atoms with Gasteiger partial charge in [-0.15, -0.1) is 0 Å². The number of anilines is 3. The van der Waals surface area contributed by atoms with Crippen molar-refractivity contribution in [1.82, 2.24) is 4.98 Å². The number of hydrogen-bond acceptors (Lipinski definition) is 6. The number of rotatable bonds is 6. The second kappa shape index (κ2) is 7.60. The fraction of sp³-hybridized carbons (Fsp3) is 0.182. The largest absolute Gasteiger partial charge is 0.497 e. The minimum Gasteiger partial charge on any atom is -0.497 e. The highest BCUT2D eigenvalue weighted by Crippen LogP contribution is 2.39. The van der Waals surface area contributed by atoms with Crippen molar-refractivity contribution in [3.05, 3.63) is 71.9 Å². The second-order valence-electron chi connectivity index (χ2n) is 6.51. The molecule has 0 spiro atoms. The molecule has 2 heterocycles. The monoisotopic (exact) mass is 375 g/mol. The van der Waals surface area contributed by atoms with E-state index in [1.165, 1.54) is 0 Å². The Hall–Kier alpha value is -3.54. The van der Waals surface area contributed by atoms with Gasteiger partial charge in [-0.1, -0.05) is 18.2 Å². The lowest BCUT2D eigenvalue weighted by molar-refractivity contribution is 0.0966. The molecule has 1 atom stereocenters. The molecule has 0 saturated carbocycles. The molecule has 142 valence electrons. The maximum absolute atomic E-state index is 13.3. The number of ether oxygens (including phenoxy) is 2. The molecule has 0 amide bonds. The first-order valence-electron chi connectivity index (χ1n) is 9.01. The van der Waals surface area contributed by atoms with Crippen molar-refractivity contribution in [1.29, 1.82) is 0 Å². The van der Waals surface area contributed by atoms with Crippen LogP contribution >= 0.6 is 0 Å². The van der Waals surface area contributed by atoms with Crippen LogP contribution in [-0.4, -0.2) is 31.5 Å². The summed E-state index contributed by atoms with van der Waals surface area (Å²) in [4.78, 5) is 17.7. The molecular formula is C22H21N3O3. The van der Waals surface area contributed by atoms with Crippen molar-refractivity contribution in [3.63, 3.8) is 0 Å². The lowest BCUT2D eigenvalue weighted by atomic mass is 9.92. The summed E-state index contributed by atoms with van der Waals surface area (Å²) in [5.41, 5.74) is 3.25. The third kappa shape index (κ3) is 3.36. The summed E-state index contributed by atoms with van der Waals surface area (Å²) < 4.78 is 10.6. The minimum absolute atomic E-state index is 0.00689. The molecule has 1 aromatic heterocycles. The van der Waals surface area contributed by atoms with Crippen LogP contribution in [0.3, 0.4) is 0 Å². The van der Waals surface area contributed by atoms with Gasteiger partial charge in [0.15, 0.2) is 5.78 Å². The highest BCUT2D eigenvalue weighted by molar-refractivity contribution is 6.04. The summed E-state index contributed by atoms with van der Waals surface area (Å²) >= 11 is 0. The molecule has 0 aliphatic carbocycles. The quantitative estimate of drug-likeness (QED) is 0.628. The van der Waals surface area contributed by atoms with E-state index in [9.17, 15) is 4.79 Å². The summed E-state index contributed by atoms with van der Waals surface area (Å²) in [7, 11) is 3.14. The molecule has 1 unspecified atom stereocenters. The van der Waals surface area contributed by atoms with Gasteiger partial charge in [0.2, 0.25) is 0 Å².